The van der Waals surface area contributed by atoms with Gasteiger partial charge in [0.15, 0.2) is 5.69 Å². The fourth-order valence-corrected chi connectivity index (χ4v) is 8.91. The van der Waals surface area contributed by atoms with E-state index in [2.05, 4.69) is 174 Å². The monoisotopic (exact) mass is 1150 g/mol. The summed E-state index contributed by atoms with van der Waals surface area (Å²) in [6.07, 6.45) is -9.30. The molecule has 0 saturated heterocycles. The standard InChI is InChI=1S/C43H35N2O.C16H7F6N2O.Ir/c1-27(2)36-24-32(30-16-9-6-10-17-30)25-37(28(3)4)41(36)45-39-21-12-11-20-38(39)44-43(45)35-19-13-18-34-33-23-22-31(26-40(33)46-42(34)35)29-14-7-5-8-15-29;17-15(18,19)12-13(16(20,21)22)25-14(24-12)10-7-4-8-23-11(10)9-5-2-1-3-6-9;/h5-18,20-28H,1-4H3;1-5,7-8H;/q2*-1;. The van der Waals surface area contributed by atoms with Crippen LogP contribution in [0, 0.1) is 12.1 Å². The summed E-state index contributed by atoms with van der Waals surface area (Å²) in [5.41, 5.74) is 11.3. The van der Waals surface area contributed by atoms with Crippen molar-refractivity contribution in [2.24, 2.45) is 0 Å². The molecule has 0 aliphatic rings. The number of alkyl halides is 6. The summed E-state index contributed by atoms with van der Waals surface area (Å²) in [4.78, 5) is 12.3. The van der Waals surface area contributed by atoms with Gasteiger partial charge in [0.25, 0.3) is 0 Å². The largest absolute Gasteiger partial charge is 0.501 e. The molecule has 0 aliphatic heterocycles. The van der Waals surface area contributed by atoms with E-state index < -0.39 is 29.7 Å². The molecule has 6 nitrogen and oxygen atoms in total. The van der Waals surface area contributed by atoms with Crippen LogP contribution in [0.15, 0.2) is 179 Å². The number of nitrogens with zero attached hydrogens (tertiary/aromatic N) is 4. The van der Waals surface area contributed by atoms with E-state index in [1.807, 2.05) is 12.1 Å². The molecule has 0 atom stereocenters. The zero-order chi connectivity index (χ0) is 49.6. The molecule has 0 unspecified atom stereocenters. The number of furan rings is 1. The second-order valence-electron chi connectivity index (χ2n) is 17.6. The van der Waals surface area contributed by atoms with Crippen LogP contribution in [0.1, 0.15) is 62.1 Å². The van der Waals surface area contributed by atoms with Crippen molar-refractivity contribution in [3.05, 3.63) is 205 Å². The zero-order valence-electron chi connectivity index (χ0n) is 39.0. The average Bonchev–Trinajstić information content (AvgIpc) is 4.12. The Kier molecular flexibility index (Phi) is 13.6. The van der Waals surface area contributed by atoms with Gasteiger partial charge in [-0.2, -0.15) is 26.3 Å². The SMILES string of the molecule is CC(C)c1cc(-c2ccccc2)cc(C(C)C)c1-n1c(-c2[c-]ccc3c2oc2cc(-c4ccccc4)ccc23)nc2ccccc21.FC(F)(F)c1nc(-c2cccnc2-c2[c-]cccc2)oc1C(F)(F)F.[Ir]. The Bertz CT molecular complexity index is 3630. The maximum Gasteiger partial charge on any atom is 0.451 e. The van der Waals surface area contributed by atoms with Gasteiger partial charge in [0.2, 0.25) is 11.7 Å². The minimum atomic E-state index is -5.34. The zero-order valence-corrected chi connectivity index (χ0v) is 41.4. The summed E-state index contributed by atoms with van der Waals surface area (Å²) in [6, 6.07) is 60.3. The van der Waals surface area contributed by atoms with Gasteiger partial charge in [0, 0.05) is 48.6 Å². The molecular formula is C59H42F6IrN4O2-2. The van der Waals surface area contributed by atoms with E-state index in [-0.39, 0.29) is 43.2 Å². The number of hydrogen-bond donors (Lipinski definition) is 0. The summed E-state index contributed by atoms with van der Waals surface area (Å²) in [5, 5.41) is 2.15. The van der Waals surface area contributed by atoms with E-state index in [1.165, 1.54) is 57.9 Å². The maximum atomic E-state index is 12.9. The second kappa shape index (κ2) is 19.9. The number of hydrogen-bond acceptors (Lipinski definition) is 5. The molecule has 11 aromatic rings. The van der Waals surface area contributed by atoms with Gasteiger partial charge < -0.3 is 18.4 Å². The molecule has 363 valence electrons. The first kappa shape index (κ1) is 49.4. The van der Waals surface area contributed by atoms with Gasteiger partial charge in [0.05, 0.1) is 22.4 Å². The number of oxazole rings is 1. The van der Waals surface area contributed by atoms with Gasteiger partial charge in [-0.1, -0.05) is 130 Å². The third-order valence-electron chi connectivity index (χ3n) is 12.2. The summed E-state index contributed by atoms with van der Waals surface area (Å²) < 4.78 is 90.8. The van der Waals surface area contributed by atoms with Crippen LogP contribution < -0.4 is 0 Å². The number of pyridine rings is 1. The molecule has 0 spiro atoms. The van der Waals surface area contributed by atoms with Crippen molar-refractivity contribution in [1.29, 1.82) is 0 Å². The van der Waals surface area contributed by atoms with Crippen LogP contribution in [0.25, 0.3) is 95.0 Å². The van der Waals surface area contributed by atoms with E-state index in [9.17, 15) is 26.3 Å². The summed E-state index contributed by atoms with van der Waals surface area (Å²) in [6.45, 7) is 9.14. The van der Waals surface area contributed by atoms with Crippen molar-refractivity contribution >= 4 is 33.0 Å². The van der Waals surface area contributed by atoms with Crippen LogP contribution in [0.5, 0.6) is 0 Å². The molecular weight excluding hydrogens is 1100 g/mol. The van der Waals surface area contributed by atoms with Gasteiger partial charge in [-0.25, -0.2) is 4.98 Å². The first-order valence-corrected chi connectivity index (χ1v) is 22.9. The predicted molar refractivity (Wildman–Crippen MR) is 266 cm³/mol. The summed E-state index contributed by atoms with van der Waals surface area (Å²) in [5.74, 6) is -1.60. The minimum absolute atomic E-state index is 0. The summed E-state index contributed by atoms with van der Waals surface area (Å²) in [7, 11) is 0. The molecule has 4 heterocycles. The molecule has 0 aliphatic carbocycles. The van der Waals surface area contributed by atoms with Gasteiger partial charge in [-0.05, 0) is 81.6 Å². The van der Waals surface area contributed by atoms with Crippen molar-refractivity contribution in [2.45, 2.75) is 51.9 Å². The number of fused-ring (bicyclic) bond motifs is 4. The van der Waals surface area contributed by atoms with Crippen LogP contribution in [0.3, 0.4) is 0 Å². The van der Waals surface area contributed by atoms with Crippen LogP contribution >= 0.6 is 0 Å². The summed E-state index contributed by atoms with van der Waals surface area (Å²) >= 11 is 0. The van der Waals surface area contributed by atoms with Crippen molar-refractivity contribution in [3.8, 4) is 62.0 Å². The van der Waals surface area contributed by atoms with Crippen molar-refractivity contribution in [3.63, 3.8) is 0 Å². The minimum Gasteiger partial charge on any atom is -0.501 e. The fraction of sp³-hybridized carbons (Fsp3) is 0.136. The van der Waals surface area contributed by atoms with E-state index in [1.54, 1.807) is 18.2 Å². The molecule has 72 heavy (non-hydrogen) atoms. The average molecular weight is 1150 g/mol. The predicted octanol–water partition coefficient (Wildman–Crippen LogP) is 17.2. The topological polar surface area (TPSA) is 69.9 Å². The smallest absolute Gasteiger partial charge is 0.451 e. The number of rotatable bonds is 8. The molecule has 7 aromatic carbocycles. The Morgan fingerprint density at radius 2 is 1.22 bits per heavy atom. The second-order valence-corrected chi connectivity index (χ2v) is 17.6. The van der Waals surface area contributed by atoms with Gasteiger partial charge in [0.1, 0.15) is 5.58 Å². The Labute approximate surface area is 424 Å². The van der Waals surface area contributed by atoms with E-state index >= 15 is 0 Å². The Hall–Kier alpha value is -7.60. The fourth-order valence-electron chi connectivity index (χ4n) is 8.91. The van der Waals surface area contributed by atoms with Gasteiger partial charge in [-0.3, -0.25) is 4.98 Å². The Morgan fingerprint density at radius 1 is 0.569 bits per heavy atom. The molecule has 0 fully saturated rings. The molecule has 13 heteroatoms. The van der Waals surface area contributed by atoms with E-state index in [0.29, 0.717) is 5.56 Å². The molecule has 0 bridgehead atoms. The van der Waals surface area contributed by atoms with Gasteiger partial charge in [-0.15, -0.1) is 54.1 Å². The first-order chi connectivity index (χ1) is 34.2. The van der Waals surface area contributed by atoms with Crippen LogP contribution in [0.2, 0.25) is 0 Å². The third kappa shape index (κ3) is 9.50. The van der Waals surface area contributed by atoms with Crippen LogP contribution in [-0.2, 0) is 32.5 Å². The van der Waals surface area contributed by atoms with Gasteiger partial charge >= 0.3 is 12.4 Å². The van der Waals surface area contributed by atoms with Crippen LogP contribution in [0.4, 0.5) is 26.3 Å². The number of benzene rings is 7. The Morgan fingerprint density at radius 3 is 1.85 bits per heavy atom. The molecule has 0 saturated carbocycles. The quantitative estimate of drug-likeness (QED) is 0.112. The molecule has 1 radical (unpaired) electrons. The number of para-hydroxylation sites is 2. The molecule has 4 aromatic heterocycles. The number of aromatic nitrogens is 4. The van der Waals surface area contributed by atoms with Crippen molar-refractivity contribution in [2.75, 3.05) is 0 Å². The maximum absolute atomic E-state index is 12.9. The molecule has 11 rings (SSSR count). The molecule has 0 amide bonds. The number of halogens is 6. The number of imidazole rings is 1. The van der Waals surface area contributed by atoms with Crippen LogP contribution in [-0.4, -0.2) is 19.5 Å². The first-order valence-electron chi connectivity index (χ1n) is 22.9. The normalized spacial score (nSPS) is 11.9. The third-order valence-corrected chi connectivity index (χ3v) is 12.2. The van der Waals surface area contributed by atoms with E-state index in [0.717, 1.165) is 49.9 Å². The van der Waals surface area contributed by atoms with Crippen molar-refractivity contribution < 1.29 is 55.3 Å². The Balaban J connectivity index is 0.000000209. The van der Waals surface area contributed by atoms with Crippen molar-refractivity contribution in [1.82, 2.24) is 19.5 Å². The molecule has 0 N–H and O–H groups in total. The van der Waals surface area contributed by atoms with E-state index in [4.69, 9.17) is 9.40 Å².